The second-order valence-corrected chi connectivity index (χ2v) is 4.37. The zero-order chi connectivity index (χ0) is 10.7. The Kier molecular flexibility index (Phi) is 3.38. The van der Waals surface area contributed by atoms with Gasteiger partial charge in [0.1, 0.15) is 0 Å². The van der Waals surface area contributed by atoms with Crippen LogP contribution in [0.25, 0.3) is 0 Å². The summed E-state index contributed by atoms with van der Waals surface area (Å²) in [7, 11) is 0. The standard InChI is InChI=1S/C11H20N4/c1-10-7-13-15(9-10)6-5-14-4-3-12-8-11(14)2/h7,9,11-12H,3-6,8H2,1-2H3/t11-/m0/s1. The number of rotatable bonds is 3. The Morgan fingerprint density at radius 1 is 1.53 bits per heavy atom. The summed E-state index contributed by atoms with van der Waals surface area (Å²) in [5.74, 6) is 0. The summed E-state index contributed by atoms with van der Waals surface area (Å²) in [6.45, 7) is 9.83. The predicted molar refractivity (Wildman–Crippen MR) is 60.9 cm³/mol. The Morgan fingerprint density at radius 3 is 3.07 bits per heavy atom. The van der Waals surface area contributed by atoms with Crippen LogP contribution in [0.2, 0.25) is 0 Å². The van der Waals surface area contributed by atoms with Gasteiger partial charge in [-0.25, -0.2) is 0 Å². The van der Waals surface area contributed by atoms with Gasteiger partial charge < -0.3 is 5.32 Å². The fourth-order valence-corrected chi connectivity index (χ4v) is 2.04. The number of aromatic nitrogens is 2. The molecule has 4 nitrogen and oxygen atoms in total. The van der Waals surface area contributed by atoms with E-state index < -0.39 is 0 Å². The normalized spacial score (nSPS) is 23.2. The van der Waals surface area contributed by atoms with Gasteiger partial charge in [-0.05, 0) is 19.4 Å². The highest BCUT2D eigenvalue weighted by Crippen LogP contribution is 2.03. The molecule has 1 aromatic rings. The van der Waals surface area contributed by atoms with Crippen LogP contribution in [-0.2, 0) is 6.54 Å². The van der Waals surface area contributed by atoms with E-state index in [4.69, 9.17) is 0 Å². The highest BCUT2D eigenvalue weighted by atomic mass is 15.3. The average Bonchev–Trinajstić information content (AvgIpc) is 2.63. The molecule has 1 atom stereocenters. The fraction of sp³-hybridized carbons (Fsp3) is 0.727. The smallest absolute Gasteiger partial charge is 0.0536 e. The molecule has 2 heterocycles. The third-order valence-corrected chi connectivity index (χ3v) is 3.02. The van der Waals surface area contributed by atoms with Gasteiger partial charge in [0.25, 0.3) is 0 Å². The quantitative estimate of drug-likeness (QED) is 0.784. The van der Waals surface area contributed by atoms with E-state index in [1.54, 1.807) is 0 Å². The van der Waals surface area contributed by atoms with Gasteiger partial charge in [-0.1, -0.05) is 0 Å². The van der Waals surface area contributed by atoms with E-state index in [0.717, 1.165) is 32.7 Å². The molecule has 0 saturated carbocycles. The second kappa shape index (κ2) is 4.77. The van der Waals surface area contributed by atoms with E-state index in [1.807, 2.05) is 10.9 Å². The molecule has 15 heavy (non-hydrogen) atoms. The van der Waals surface area contributed by atoms with Crippen molar-refractivity contribution in [1.29, 1.82) is 0 Å². The first-order valence-electron chi connectivity index (χ1n) is 5.69. The Morgan fingerprint density at radius 2 is 2.40 bits per heavy atom. The summed E-state index contributed by atoms with van der Waals surface area (Å²) < 4.78 is 2.03. The van der Waals surface area contributed by atoms with Crippen molar-refractivity contribution in [3.05, 3.63) is 18.0 Å². The minimum Gasteiger partial charge on any atom is -0.314 e. The Bertz CT molecular complexity index is 307. The number of piperazine rings is 1. The summed E-state index contributed by atoms with van der Waals surface area (Å²) >= 11 is 0. The Balaban J connectivity index is 1.81. The lowest BCUT2D eigenvalue weighted by Crippen LogP contribution is -2.50. The van der Waals surface area contributed by atoms with Gasteiger partial charge in [0.2, 0.25) is 0 Å². The maximum absolute atomic E-state index is 4.30. The summed E-state index contributed by atoms with van der Waals surface area (Å²) in [5, 5.41) is 7.70. The third-order valence-electron chi connectivity index (χ3n) is 3.02. The molecule has 2 rings (SSSR count). The number of nitrogens with zero attached hydrogens (tertiary/aromatic N) is 3. The Hall–Kier alpha value is -0.870. The molecule has 1 saturated heterocycles. The van der Waals surface area contributed by atoms with E-state index in [9.17, 15) is 0 Å². The predicted octanol–water partition coefficient (Wildman–Crippen LogP) is 0.485. The van der Waals surface area contributed by atoms with Crippen molar-refractivity contribution in [3.63, 3.8) is 0 Å². The molecule has 84 valence electrons. The molecule has 1 aliphatic heterocycles. The lowest BCUT2D eigenvalue weighted by atomic mass is 10.2. The van der Waals surface area contributed by atoms with Crippen molar-refractivity contribution in [1.82, 2.24) is 20.0 Å². The maximum Gasteiger partial charge on any atom is 0.0536 e. The molecule has 0 unspecified atom stereocenters. The van der Waals surface area contributed by atoms with Gasteiger partial charge in [0, 0.05) is 38.4 Å². The SMILES string of the molecule is Cc1cnn(CCN2CCNC[C@@H]2C)c1. The first kappa shape index (κ1) is 10.6. The summed E-state index contributed by atoms with van der Waals surface area (Å²) in [4.78, 5) is 2.52. The van der Waals surface area contributed by atoms with Crippen LogP contribution in [0.3, 0.4) is 0 Å². The molecule has 0 bridgehead atoms. The number of hydrogen-bond donors (Lipinski definition) is 1. The molecule has 1 aromatic heterocycles. The molecule has 1 N–H and O–H groups in total. The van der Waals surface area contributed by atoms with Gasteiger partial charge in [0.15, 0.2) is 0 Å². The van der Waals surface area contributed by atoms with Crippen LogP contribution in [0.15, 0.2) is 12.4 Å². The summed E-state index contributed by atoms with van der Waals surface area (Å²) in [6, 6.07) is 0.649. The van der Waals surface area contributed by atoms with Crippen LogP contribution >= 0.6 is 0 Å². The lowest BCUT2D eigenvalue weighted by Gasteiger charge is -2.33. The van der Waals surface area contributed by atoms with Crippen molar-refractivity contribution in [3.8, 4) is 0 Å². The number of hydrogen-bond acceptors (Lipinski definition) is 3. The van der Waals surface area contributed by atoms with Gasteiger partial charge in [0.05, 0.1) is 12.7 Å². The van der Waals surface area contributed by atoms with Crippen molar-refractivity contribution in [2.24, 2.45) is 0 Å². The molecule has 1 aliphatic rings. The van der Waals surface area contributed by atoms with E-state index in [-0.39, 0.29) is 0 Å². The topological polar surface area (TPSA) is 33.1 Å². The Labute approximate surface area is 91.3 Å². The van der Waals surface area contributed by atoms with Crippen LogP contribution in [-0.4, -0.2) is 46.9 Å². The van der Waals surface area contributed by atoms with Gasteiger partial charge in [-0.15, -0.1) is 0 Å². The zero-order valence-electron chi connectivity index (χ0n) is 9.61. The fourth-order valence-electron chi connectivity index (χ4n) is 2.04. The van der Waals surface area contributed by atoms with Crippen LogP contribution in [0.1, 0.15) is 12.5 Å². The van der Waals surface area contributed by atoms with Crippen molar-refractivity contribution < 1.29 is 0 Å². The minimum atomic E-state index is 0.649. The first-order valence-corrected chi connectivity index (χ1v) is 5.69. The average molecular weight is 208 g/mol. The molecule has 0 aromatic carbocycles. The molecule has 0 radical (unpaired) electrons. The minimum absolute atomic E-state index is 0.649. The van der Waals surface area contributed by atoms with Crippen LogP contribution in [0, 0.1) is 6.92 Å². The van der Waals surface area contributed by atoms with Crippen molar-refractivity contribution in [2.45, 2.75) is 26.4 Å². The highest BCUT2D eigenvalue weighted by molar-refractivity contribution is 4.99. The van der Waals surface area contributed by atoms with Gasteiger partial charge in [-0.3, -0.25) is 9.58 Å². The van der Waals surface area contributed by atoms with Crippen LogP contribution < -0.4 is 5.32 Å². The van der Waals surface area contributed by atoms with E-state index in [1.165, 1.54) is 5.56 Å². The molecule has 0 aliphatic carbocycles. The van der Waals surface area contributed by atoms with Crippen LogP contribution in [0.4, 0.5) is 0 Å². The van der Waals surface area contributed by atoms with E-state index in [0.29, 0.717) is 6.04 Å². The van der Waals surface area contributed by atoms with E-state index >= 15 is 0 Å². The molecular weight excluding hydrogens is 188 g/mol. The van der Waals surface area contributed by atoms with E-state index in [2.05, 4.69) is 35.4 Å². The van der Waals surface area contributed by atoms with Crippen molar-refractivity contribution >= 4 is 0 Å². The maximum atomic E-state index is 4.30. The second-order valence-electron chi connectivity index (χ2n) is 4.37. The number of aryl methyl sites for hydroxylation is 1. The molecule has 4 heteroatoms. The van der Waals surface area contributed by atoms with Crippen molar-refractivity contribution in [2.75, 3.05) is 26.2 Å². The zero-order valence-corrected chi connectivity index (χ0v) is 9.61. The number of nitrogens with one attached hydrogen (secondary N) is 1. The molecular formula is C11H20N4. The monoisotopic (exact) mass is 208 g/mol. The third kappa shape index (κ3) is 2.79. The largest absolute Gasteiger partial charge is 0.314 e. The molecule has 0 spiro atoms. The molecule has 0 amide bonds. The van der Waals surface area contributed by atoms with Gasteiger partial charge >= 0.3 is 0 Å². The summed E-state index contributed by atoms with van der Waals surface area (Å²) in [6.07, 6.45) is 4.02. The first-order chi connectivity index (χ1) is 7.25. The van der Waals surface area contributed by atoms with Gasteiger partial charge in [-0.2, -0.15) is 5.10 Å². The summed E-state index contributed by atoms with van der Waals surface area (Å²) in [5.41, 5.74) is 1.24. The van der Waals surface area contributed by atoms with Crippen LogP contribution in [0.5, 0.6) is 0 Å². The highest BCUT2D eigenvalue weighted by Gasteiger charge is 2.16. The molecule has 1 fully saturated rings. The lowest BCUT2D eigenvalue weighted by molar-refractivity contribution is 0.166.